The third-order valence-electron chi connectivity index (χ3n) is 6.07. The van der Waals surface area contributed by atoms with Crippen LogP contribution in [0.15, 0.2) is 24.3 Å². The average molecular weight is 406 g/mol. The van der Waals surface area contributed by atoms with Crippen LogP contribution in [0.1, 0.15) is 85.2 Å². The minimum absolute atomic E-state index is 0.298. The van der Waals surface area contributed by atoms with Gasteiger partial charge in [0, 0.05) is 23.0 Å². The molecular weight excluding hydrogens is 377 g/mol. The standard InChI is InChI=1S/C23H29F3N2O/c1-3-19-21(16-11-13-17(14-12-16)23(24,25)26)20(22(27)29)15(2)28(19)18-9-7-5-4-6-8-10-18/h11-14,18H,3-10H2,1-2H3,(H2,27,29). The molecule has 0 atom stereocenters. The maximum atomic E-state index is 13.0. The summed E-state index contributed by atoms with van der Waals surface area (Å²) in [4.78, 5) is 12.4. The molecule has 2 aromatic rings. The summed E-state index contributed by atoms with van der Waals surface area (Å²) in [5.41, 5.74) is 8.59. The van der Waals surface area contributed by atoms with Crippen LogP contribution in [-0.2, 0) is 12.6 Å². The lowest BCUT2D eigenvalue weighted by atomic mass is 9.95. The van der Waals surface area contributed by atoms with Gasteiger partial charge in [0.2, 0.25) is 0 Å². The van der Waals surface area contributed by atoms with Gasteiger partial charge in [-0.05, 0) is 43.9 Å². The van der Waals surface area contributed by atoms with Crippen LogP contribution in [0, 0.1) is 6.92 Å². The molecule has 1 aromatic heterocycles. The number of benzene rings is 1. The molecule has 0 saturated heterocycles. The smallest absolute Gasteiger partial charge is 0.366 e. The Morgan fingerprint density at radius 2 is 1.62 bits per heavy atom. The topological polar surface area (TPSA) is 48.0 Å². The first kappa shape index (κ1) is 21.5. The van der Waals surface area contributed by atoms with E-state index in [0.29, 0.717) is 29.2 Å². The summed E-state index contributed by atoms with van der Waals surface area (Å²) in [5.74, 6) is -0.531. The van der Waals surface area contributed by atoms with Crippen LogP contribution in [0.4, 0.5) is 13.2 Å². The van der Waals surface area contributed by atoms with Gasteiger partial charge in [-0.3, -0.25) is 4.79 Å². The first-order valence-corrected chi connectivity index (χ1v) is 10.5. The normalized spacial score (nSPS) is 16.4. The Hall–Kier alpha value is -2.24. The van der Waals surface area contributed by atoms with Crippen LogP contribution < -0.4 is 5.73 Å². The number of alkyl halides is 3. The lowest BCUT2D eigenvalue weighted by molar-refractivity contribution is -0.137. The van der Waals surface area contributed by atoms with Gasteiger partial charge in [0.25, 0.3) is 5.91 Å². The van der Waals surface area contributed by atoms with Crippen LogP contribution in [-0.4, -0.2) is 10.5 Å². The number of nitrogens with two attached hydrogens (primary N) is 1. The lowest BCUT2D eigenvalue weighted by Crippen LogP contribution is -2.17. The molecule has 6 heteroatoms. The van der Waals surface area contributed by atoms with E-state index in [-0.39, 0.29) is 0 Å². The average Bonchev–Trinajstić information content (AvgIpc) is 2.93. The molecule has 3 nitrogen and oxygen atoms in total. The molecule has 158 valence electrons. The first-order chi connectivity index (χ1) is 13.8. The first-order valence-electron chi connectivity index (χ1n) is 10.5. The number of hydrogen-bond acceptors (Lipinski definition) is 1. The third-order valence-corrected chi connectivity index (χ3v) is 6.07. The van der Waals surface area contributed by atoms with E-state index in [1.165, 1.54) is 31.4 Å². The van der Waals surface area contributed by atoms with Gasteiger partial charge in [-0.2, -0.15) is 13.2 Å². The van der Waals surface area contributed by atoms with E-state index in [4.69, 9.17) is 5.73 Å². The fraction of sp³-hybridized carbons (Fsp3) is 0.522. The van der Waals surface area contributed by atoms with Gasteiger partial charge in [-0.1, -0.05) is 51.2 Å². The predicted octanol–water partition coefficient (Wildman–Crippen LogP) is 6.43. The van der Waals surface area contributed by atoms with E-state index in [0.717, 1.165) is 49.2 Å². The lowest BCUT2D eigenvalue weighted by Gasteiger charge is -2.25. The molecule has 0 spiro atoms. The Balaban J connectivity index is 2.14. The Kier molecular flexibility index (Phi) is 6.39. The molecule has 2 N–H and O–H groups in total. The summed E-state index contributed by atoms with van der Waals surface area (Å²) in [7, 11) is 0. The van der Waals surface area contributed by atoms with Crippen LogP contribution in [0.2, 0.25) is 0 Å². The molecule has 1 aliphatic rings. The molecular formula is C23H29F3N2O. The van der Waals surface area contributed by atoms with Crippen LogP contribution in [0.5, 0.6) is 0 Å². The third kappa shape index (κ3) is 4.36. The van der Waals surface area contributed by atoms with Gasteiger partial charge >= 0.3 is 6.18 Å². The van der Waals surface area contributed by atoms with Gasteiger partial charge in [0.15, 0.2) is 0 Å². The second-order valence-electron chi connectivity index (χ2n) is 7.94. The minimum atomic E-state index is -4.39. The number of amides is 1. The Bertz CT molecular complexity index is 858. The number of nitrogens with zero attached hydrogens (tertiary/aromatic N) is 1. The molecule has 0 aliphatic heterocycles. The van der Waals surface area contributed by atoms with Crippen molar-refractivity contribution in [2.24, 2.45) is 5.73 Å². The summed E-state index contributed by atoms with van der Waals surface area (Å²) < 4.78 is 41.2. The quantitative estimate of drug-likeness (QED) is 0.625. The van der Waals surface area contributed by atoms with Crippen molar-refractivity contribution in [1.29, 1.82) is 0 Å². The molecule has 1 aromatic carbocycles. The van der Waals surface area contributed by atoms with Crippen LogP contribution >= 0.6 is 0 Å². The highest BCUT2D eigenvalue weighted by atomic mass is 19.4. The Morgan fingerprint density at radius 1 is 1.07 bits per heavy atom. The van der Waals surface area contributed by atoms with Crippen molar-refractivity contribution < 1.29 is 18.0 Å². The number of primary amides is 1. The molecule has 0 unspecified atom stereocenters. The van der Waals surface area contributed by atoms with Crippen molar-refractivity contribution in [3.63, 3.8) is 0 Å². The molecule has 1 fully saturated rings. The SMILES string of the molecule is CCc1c(-c2ccc(C(F)(F)F)cc2)c(C(N)=O)c(C)n1C1CCCCCCC1. The molecule has 1 saturated carbocycles. The predicted molar refractivity (Wildman–Crippen MR) is 109 cm³/mol. The van der Waals surface area contributed by atoms with E-state index in [9.17, 15) is 18.0 Å². The number of carbonyl (C=O) groups is 1. The van der Waals surface area contributed by atoms with Crippen molar-refractivity contribution in [1.82, 2.24) is 4.57 Å². The fourth-order valence-corrected chi connectivity index (χ4v) is 4.74. The van der Waals surface area contributed by atoms with Gasteiger partial charge in [0.1, 0.15) is 0 Å². The second-order valence-corrected chi connectivity index (χ2v) is 7.94. The molecule has 1 amide bonds. The largest absolute Gasteiger partial charge is 0.416 e. The second kappa shape index (κ2) is 8.64. The van der Waals surface area contributed by atoms with E-state index < -0.39 is 17.6 Å². The highest BCUT2D eigenvalue weighted by molar-refractivity contribution is 6.02. The highest BCUT2D eigenvalue weighted by Gasteiger charge is 2.31. The summed E-state index contributed by atoms with van der Waals surface area (Å²) >= 11 is 0. The van der Waals surface area contributed by atoms with Crippen molar-refractivity contribution in [2.45, 2.75) is 77.4 Å². The molecule has 0 bridgehead atoms. The highest BCUT2D eigenvalue weighted by Crippen LogP contribution is 2.39. The number of carbonyl (C=O) groups excluding carboxylic acids is 1. The van der Waals surface area contributed by atoms with Crippen LogP contribution in [0.25, 0.3) is 11.1 Å². The Morgan fingerprint density at radius 3 is 2.10 bits per heavy atom. The van der Waals surface area contributed by atoms with E-state index in [2.05, 4.69) is 4.57 Å². The monoisotopic (exact) mass is 406 g/mol. The van der Waals surface area contributed by atoms with Gasteiger partial charge in [0.05, 0.1) is 11.1 Å². The zero-order valence-corrected chi connectivity index (χ0v) is 17.1. The number of aromatic nitrogens is 1. The number of hydrogen-bond donors (Lipinski definition) is 1. The van der Waals surface area contributed by atoms with Crippen molar-refractivity contribution >= 4 is 5.91 Å². The maximum Gasteiger partial charge on any atom is 0.416 e. The molecule has 0 radical (unpaired) electrons. The minimum Gasteiger partial charge on any atom is -0.366 e. The van der Waals surface area contributed by atoms with Gasteiger partial charge in [-0.15, -0.1) is 0 Å². The van der Waals surface area contributed by atoms with Crippen molar-refractivity contribution in [3.8, 4) is 11.1 Å². The summed E-state index contributed by atoms with van der Waals surface area (Å²) in [6.45, 7) is 3.93. The van der Waals surface area contributed by atoms with E-state index in [1.807, 2.05) is 13.8 Å². The summed E-state index contributed by atoms with van der Waals surface area (Å²) in [6, 6.07) is 5.34. The Labute approximate surface area is 170 Å². The van der Waals surface area contributed by atoms with Crippen molar-refractivity contribution in [2.75, 3.05) is 0 Å². The fourth-order valence-electron chi connectivity index (χ4n) is 4.74. The van der Waals surface area contributed by atoms with Crippen LogP contribution in [0.3, 0.4) is 0 Å². The molecule has 3 rings (SSSR count). The summed E-state index contributed by atoms with van der Waals surface area (Å²) in [5, 5.41) is 0. The maximum absolute atomic E-state index is 13.0. The molecule has 1 aliphatic carbocycles. The van der Waals surface area contributed by atoms with Gasteiger partial charge < -0.3 is 10.3 Å². The number of rotatable bonds is 4. The summed E-state index contributed by atoms with van der Waals surface area (Å²) in [6.07, 6.45) is 4.38. The van der Waals surface area contributed by atoms with Gasteiger partial charge in [-0.25, -0.2) is 0 Å². The zero-order valence-electron chi connectivity index (χ0n) is 17.1. The van der Waals surface area contributed by atoms with Crippen molar-refractivity contribution in [3.05, 3.63) is 46.8 Å². The molecule has 29 heavy (non-hydrogen) atoms. The van der Waals surface area contributed by atoms with E-state index >= 15 is 0 Å². The number of halogens is 3. The van der Waals surface area contributed by atoms with E-state index in [1.54, 1.807) is 0 Å². The molecule has 1 heterocycles. The zero-order chi connectivity index (χ0) is 21.2.